The molecule has 27 heavy (non-hydrogen) atoms. The number of rotatable bonds is 4. The molecule has 2 amide bonds. The Balaban J connectivity index is 1.78. The predicted molar refractivity (Wildman–Crippen MR) is 102 cm³/mol. The third-order valence-corrected chi connectivity index (χ3v) is 4.75. The second-order valence-electron chi connectivity index (χ2n) is 6.64. The summed E-state index contributed by atoms with van der Waals surface area (Å²) in [6, 6.07) is 7.39. The van der Waals surface area contributed by atoms with Crippen molar-refractivity contribution in [3.05, 3.63) is 35.5 Å². The first-order valence-electron chi connectivity index (χ1n) is 9.19. The second-order valence-corrected chi connectivity index (χ2v) is 6.64. The van der Waals surface area contributed by atoms with Gasteiger partial charge in [-0.1, -0.05) is 0 Å². The van der Waals surface area contributed by atoms with Gasteiger partial charge in [-0.2, -0.15) is 0 Å². The number of piperidine rings is 1. The number of benzene rings is 1. The van der Waals surface area contributed by atoms with Crippen LogP contribution in [0.3, 0.4) is 0 Å². The summed E-state index contributed by atoms with van der Waals surface area (Å²) in [4.78, 5) is 31.1. The first-order chi connectivity index (χ1) is 13.0. The largest absolute Gasteiger partial charge is 0.497 e. The Labute approximate surface area is 158 Å². The number of fused-ring (bicyclic) bond motifs is 1. The van der Waals surface area contributed by atoms with E-state index in [4.69, 9.17) is 9.47 Å². The molecule has 3 rings (SSSR count). The molecule has 0 spiro atoms. The van der Waals surface area contributed by atoms with E-state index >= 15 is 0 Å². The van der Waals surface area contributed by atoms with Gasteiger partial charge >= 0.3 is 6.09 Å². The van der Waals surface area contributed by atoms with Crippen LogP contribution in [-0.4, -0.2) is 54.7 Å². The molecular formula is C20H25N3O4. The normalized spacial score (nSPS) is 16.9. The molecule has 1 unspecified atom stereocenters. The van der Waals surface area contributed by atoms with Crippen LogP contribution in [0.5, 0.6) is 5.75 Å². The molecule has 2 heterocycles. The summed E-state index contributed by atoms with van der Waals surface area (Å²) in [7, 11) is 1.61. The van der Waals surface area contributed by atoms with Crippen LogP contribution in [0.25, 0.3) is 10.9 Å². The minimum absolute atomic E-state index is 0.0620. The number of aromatic nitrogens is 1. The van der Waals surface area contributed by atoms with E-state index in [0.29, 0.717) is 31.0 Å². The van der Waals surface area contributed by atoms with Crippen LogP contribution in [0, 0.1) is 6.92 Å². The second kappa shape index (κ2) is 8.24. The Morgan fingerprint density at radius 2 is 2.15 bits per heavy atom. The highest BCUT2D eigenvalue weighted by atomic mass is 16.5. The summed E-state index contributed by atoms with van der Waals surface area (Å²) in [6.07, 6.45) is 1.23. The van der Waals surface area contributed by atoms with Gasteiger partial charge in [0.2, 0.25) is 0 Å². The summed E-state index contributed by atoms with van der Waals surface area (Å²) in [5, 5.41) is 3.72. The van der Waals surface area contributed by atoms with Crippen LogP contribution in [-0.2, 0) is 4.74 Å². The smallest absolute Gasteiger partial charge is 0.407 e. The maximum absolute atomic E-state index is 13.1. The van der Waals surface area contributed by atoms with Crippen LogP contribution >= 0.6 is 0 Å². The number of aryl methyl sites for hydroxylation is 1. The number of ether oxygens (including phenoxy) is 2. The maximum atomic E-state index is 13.1. The number of amides is 2. The summed E-state index contributed by atoms with van der Waals surface area (Å²) < 4.78 is 10.2. The number of methoxy groups -OCH3 is 1. The monoisotopic (exact) mass is 371 g/mol. The molecule has 1 aliphatic rings. The summed E-state index contributed by atoms with van der Waals surface area (Å²) in [5.74, 6) is 0.672. The molecular weight excluding hydrogens is 346 g/mol. The SMILES string of the molecule is CCOC(=O)NC1CCCN(C(=O)c2cc3ccc(OC)cc3nc2C)C1. The Morgan fingerprint density at radius 1 is 1.33 bits per heavy atom. The zero-order valence-electron chi connectivity index (χ0n) is 15.9. The van der Waals surface area contributed by atoms with Gasteiger partial charge in [-0.25, -0.2) is 4.79 Å². The van der Waals surface area contributed by atoms with Crippen LogP contribution in [0.4, 0.5) is 4.79 Å². The zero-order valence-corrected chi connectivity index (χ0v) is 15.9. The molecule has 7 heteroatoms. The third-order valence-electron chi connectivity index (χ3n) is 4.75. The molecule has 144 valence electrons. The number of carbonyl (C=O) groups excluding carboxylic acids is 2. The van der Waals surface area contributed by atoms with Crippen LogP contribution < -0.4 is 10.1 Å². The lowest BCUT2D eigenvalue weighted by atomic mass is 10.0. The fourth-order valence-corrected chi connectivity index (χ4v) is 3.38. The van der Waals surface area contributed by atoms with Crippen LogP contribution in [0.1, 0.15) is 35.8 Å². The van der Waals surface area contributed by atoms with Crippen molar-refractivity contribution in [3.63, 3.8) is 0 Å². The maximum Gasteiger partial charge on any atom is 0.407 e. The van der Waals surface area contributed by atoms with Gasteiger partial charge in [0.15, 0.2) is 0 Å². The molecule has 2 aromatic rings. The highest BCUT2D eigenvalue weighted by Crippen LogP contribution is 2.23. The molecule has 1 aromatic carbocycles. The van der Waals surface area contributed by atoms with E-state index in [1.807, 2.05) is 31.2 Å². The molecule has 0 aliphatic carbocycles. The van der Waals surface area contributed by atoms with Crippen molar-refractivity contribution < 1.29 is 19.1 Å². The number of carbonyl (C=O) groups is 2. The van der Waals surface area contributed by atoms with Gasteiger partial charge in [-0.15, -0.1) is 0 Å². The molecule has 1 aromatic heterocycles. The molecule has 1 atom stereocenters. The molecule has 7 nitrogen and oxygen atoms in total. The number of hydrogen-bond donors (Lipinski definition) is 1. The molecule has 1 N–H and O–H groups in total. The molecule has 0 saturated carbocycles. The van der Waals surface area contributed by atoms with Gasteiger partial charge < -0.3 is 19.7 Å². The van der Waals surface area contributed by atoms with E-state index in [1.54, 1.807) is 18.9 Å². The van der Waals surface area contributed by atoms with Gasteiger partial charge in [0.1, 0.15) is 5.75 Å². The minimum atomic E-state index is -0.436. The number of nitrogens with zero attached hydrogens (tertiary/aromatic N) is 2. The van der Waals surface area contributed by atoms with Crippen molar-refractivity contribution in [3.8, 4) is 5.75 Å². The summed E-state index contributed by atoms with van der Waals surface area (Å²) >= 11 is 0. The van der Waals surface area contributed by atoms with E-state index in [2.05, 4.69) is 10.3 Å². The van der Waals surface area contributed by atoms with E-state index in [1.165, 1.54) is 0 Å². The summed E-state index contributed by atoms with van der Waals surface area (Å²) in [5.41, 5.74) is 2.06. The lowest BCUT2D eigenvalue weighted by Crippen LogP contribution is -2.49. The quantitative estimate of drug-likeness (QED) is 0.894. The lowest BCUT2D eigenvalue weighted by Gasteiger charge is -2.33. The number of pyridine rings is 1. The van der Waals surface area contributed by atoms with Gasteiger partial charge in [0.25, 0.3) is 5.91 Å². The van der Waals surface area contributed by atoms with Crippen LogP contribution in [0.15, 0.2) is 24.3 Å². The molecule has 1 saturated heterocycles. The Bertz CT molecular complexity index is 852. The highest BCUT2D eigenvalue weighted by Gasteiger charge is 2.27. The average Bonchev–Trinajstić information content (AvgIpc) is 2.66. The molecule has 1 fully saturated rings. The first kappa shape index (κ1) is 18.9. The van der Waals surface area contributed by atoms with Crippen molar-refractivity contribution in [2.75, 3.05) is 26.8 Å². The van der Waals surface area contributed by atoms with Crippen molar-refractivity contribution in [1.29, 1.82) is 0 Å². The average molecular weight is 371 g/mol. The third kappa shape index (κ3) is 4.30. The van der Waals surface area contributed by atoms with Crippen molar-refractivity contribution >= 4 is 22.9 Å². The predicted octanol–water partition coefficient (Wildman–Crippen LogP) is 2.90. The zero-order chi connectivity index (χ0) is 19.4. The first-order valence-corrected chi connectivity index (χ1v) is 9.19. The Hall–Kier alpha value is -2.83. The molecule has 1 aliphatic heterocycles. The van der Waals surface area contributed by atoms with Crippen molar-refractivity contribution in [2.45, 2.75) is 32.7 Å². The molecule has 0 bridgehead atoms. The van der Waals surface area contributed by atoms with Gasteiger partial charge in [0.05, 0.1) is 30.5 Å². The summed E-state index contributed by atoms with van der Waals surface area (Å²) in [6.45, 7) is 5.07. The van der Waals surface area contributed by atoms with E-state index in [-0.39, 0.29) is 11.9 Å². The van der Waals surface area contributed by atoms with Gasteiger partial charge in [-0.05, 0) is 44.9 Å². The fourth-order valence-electron chi connectivity index (χ4n) is 3.38. The highest BCUT2D eigenvalue weighted by molar-refractivity contribution is 5.99. The standard InChI is InChI=1S/C20H25N3O4/c1-4-27-20(25)22-15-6-5-9-23(12-15)19(24)17-10-14-7-8-16(26-3)11-18(14)21-13(17)2/h7-8,10-11,15H,4-6,9,12H2,1-3H3,(H,22,25). The Morgan fingerprint density at radius 3 is 2.89 bits per heavy atom. The number of nitrogens with one attached hydrogen (secondary N) is 1. The van der Waals surface area contributed by atoms with Crippen molar-refractivity contribution in [1.82, 2.24) is 15.2 Å². The van der Waals surface area contributed by atoms with E-state index < -0.39 is 6.09 Å². The van der Waals surface area contributed by atoms with E-state index in [0.717, 1.165) is 29.5 Å². The van der Waals surface area contributed by atoms with Gasteiger partial charge in [-0.3, -0.25) is 9.78 Å². The topological polar surface area (TPSA) is 80.8 Å². The fraction of sp³-hybridized carbons (Fsp3) is 0.450. The minimum Gasteiger partial charge on any atom is -0.497 e. The lowest BCUT2D eigenvalue weighted by molar-refractivity contribution is 0.0685. The number of alkyl carbamates (subject to hydrolysis) is 1. The number of hydrogen-bond acceptors (Lipinski definition) is 5. The molecule has 0 radical (unpaired) electrons. The Kier molecular flexibility index (Phi) is 5.78. The van der Waals surface area contributed by atoms with Crippen LogP contribution in [0.2, 0.25) is 0 Å². The van der Waals surface area contributed by atoms with Gasteiger partial charge in [0, 0.05) is 30.6 Å². The number of likely N-dealkylation sites (tertiary alicyclic amines) is 1. The van der Waals surface area contributed by atoms with Crippen molar-refractivity contribution in [2.24, 2.45) is 0 Å². The van der Waals surface area contributed by atoms with E-state index in [9.17, 15) is 9.59 Å².